The molecule has 1 amide bonds. The van der Waals surface area contributed by atoms with E-state index in [1.165, 1.54) is 0 Å². The summed E-state index contributed by atoms with van der Waals surface area (Å²) in [6, 6.07) is 12.8. The minimum absolute atomic E-state index is 0.184. The molecular weight excluding hydrogens is 346 g/mol. The third-order valence-electron chi connectivity index (χ3n) is 4.23. The quantitative estimate of drug-likeness (QED) is 0.807. The van der Waals surface area contributed by atoms with E-state index in [-0.39, 0.29) is 18.6 Å². The number of fused-ring (bicyclic) bond motifs is 1. The number of amides is 1. The molecule has 2 aromatic carbocycles. The van der Waals surface area contributed by atoms with Crippen LogP contribution in [0.2, 0.25) is 0 Å². The van der Waals surface area contributed by atoms with E-state index in [0.29, 0.717) is 36.2 Å². The van der Waals surface area contributed by atoms with Crippen LogP contribution in [-0.2, 0) is 4.79 Å². The Bertz CT molecular complexity index is 792. The van der Waals surface area contributed by atoms with Gasteiger partial charge in [-0.2, -0.15) is 0 Å². The van der Waals surface area contributed by atoms with Crippen molar-refractivity contribution >= 4 is 5.91 Å². The Kier molecular flexibility index (Phi) is 6.06. The van der Waals surface area contributed by atoms with E-state index in [9.17, 15) is 4.79 Å². The van der Waals surface area contributed by atoms with Gasteiger partial charge in [0.15, 0.2) is 23.0 Å². The van der Waals surface area contributed by atoms with Crippen molar-refractivity contribution < 1.29 is 23.7 Å². The van der Waals surface area contributed by atoms with Gasteiger partial charge in [0.2, 0.25) is 6.10 Å². The Morgan fingerprint density at radius 2 is 1.81 bits per heavy atom. The molecule has 0 aromatic heterocycles. The van der Waals surface area contributed by atoms with Gasteiger partial charge < -0.3 is 24.3 Å². The van der Waals surface area contributed by atoms with E-state index in [1.807, 2.05) is 57.2 Å². The summed E-state index contributed by atoms with van der Waals surface area (Å²) in [6.07, 6.45) is -0.684. The molecule has 1 heterocycles. The lowest BCUT2D eigenvalue weighted by Gasteiger charge is -2.27. The predicted octanol–water partition coefficient (Wildman–Crippen LogP) is 3.50. The van der Waals surface area contributed by atoms with Crippen molar-refractivity contribution in [2.24, 2.45) is 0 Å². The van der Waals surface area contributed by atoms with E-state index in [1.54, 1.807) is 6.07 Å². The first-order chi connectivity index (χ1) is 13.1. The Morgan fingerprint density at radius 3 is 2.56 bits per heavy atom. The van der Waals surface area contributed by atoms with Gasteiger partial charge in [0.1, 0.15) is 6.61 Å². The molecule has 0 saturated carbocycles. The largest absolute Gasteiger partial charge is 0.490 e. The molecule has 1 aliphatic heterocycles. The highest BCUT2D eigenvalue weighted by Gasteiger charge is 2.28. The summed E-state index contributed by atoms with van der Waals surface area (Å²) in [5.74, 6) is 2.38. The number of carbonyl (C=O) groups is 1. The molecule has 0 radical (unpaired) electrons. The van der Waals surface area contributed by atoms with Crippen molar-refractivity contribution in [1.29, 1.82) is 0 Å². The first kappa shape index (κ1) is 18.9. The summed E-state index contributed by atoms with van der Waals surface area (Å²) in [7, 11) is 0. The second-order valence-electron chi connectivity index (χ2n) is 6.17. The van der Waals surface area contributed by atoms with Gasteiger partial charge in [-0.05, 0) is 50.6 Å². The molecule has 1 aliphatic rings. The maximum absolute atomic E-state index is 12.6. The van der Waals surface area contributed by atoms with Crippen LogP contribution in [0.15, 0.2) is 42.5 Å². The van der Waals surface area contributed by atoms with E-state index in [4.69, 9.17) is 18.9 Å². The van der Waals surface area contributed by atoms with Crippen LogP contribution in [-0.4, -0.2) is 31.8 Å². The monoisotopic (exact) mass is 371 g/mol. The number of benzene rings is 2. The highest BCUT2D eigenvalue weighted by Crippen LogP contribution is 2.32. The maximum Gasteiger partial charge on any atom is 0.265 e. The number of hydrogen-bond donors (Lipinski definition) is 1. The minimum atomic E-state index is -0.684. The van der Waals surface area contributed by atoms with Gasteiger partial charge in [-0.25, -0.2) is 0 Å². The number of rotatable bonds is 7. The first-order valence-corrected chi connectivity index (χ1v) is 9.20. The lowest BCUT2D eigenvalue weighted by molar-refractivity contribution is -0.131. The van der Waals surface area contributed by atoms with Gasteiger partial charge >= 0.3 is 0 Å². The molecule has 0 unspecified atom stereocenters. The molecule has 27 heavy (non-hydrogen) atoms. The summed E-state index contributed by atoms with van der Waals surface area (Å²) in [6.45, 7) is 7.05. The minimum Gasteiger partial charge on any atom is -0.490 e. The van der Waals surface area contributed by atoms with Crippen molar-refractivity contribution in [3.8, 4) is 23.0 Å². The molecule has 6 heteroatoms. The normalized spacial score (nSPS) is 16.3. The molecule has 2 atom stereocenters. The smallest absolute Gasteiger partial charge is 0.265 e. The summed E-state index contributed by atoms with van der Waals surface area (Å²) >= 11 is 0. The van der Waals surface area contributed by atoms with Crippen LogP contribution in [0, 0.1) is 0 Å². The Balaban J connectivity index is 1.67. The molecule has 1 N–H and O–H groups in total. The number of nitrogens with one attached hydrogen (secondary N) is 1. The summed E-state index contributed by atoms with van der Waals surface area (Å²) in [5.41, 5.74) is 0.924. The molecule has 0 aliphatic carbocycles. The van der Waals surface area contributed by atoms with E-state index in [0.717, 1.165) is 5.56 Å². The van der Waals surface area contributed by atoms with Gasteiger partial charge in [0.05, 0.1) is 19.3 Å². The summed E-state index contributed by atoms with van der Waals surface area (Å²) < 4.78 is 22.6. The van der Waals surface area contributed by atoms with E-state index >= 15 is 0 Å². The topological polar surface area (TPSA) is 66.0 Å². The van der Waals surface area contributed by atoms with Gasteiger partial charge in [0.25, 0.3) is 5.91 Å². The number of carbonyl (C=O) groups excluding carboxylic acids is 1. The van der Waals surface area contributed by atoms with Crippen LogP contribution in [0.5, 0.6) is 23.0 Å². The van der Waals surface area contributed by atoms with Crippen LogP contribution in [0.3, 0.4) is 0 Å². The third kappa shape index (κ3) is 4.45. The second-order valence-corrected chi connectivity index (χ2v) is 6.17. The summed E-state index contributed by atoms with van der Waals surface area (Å²) in [4.78, 5) is 12.6. The molecule has 0 spiro atoms. The van der Waals surface area contributed by atoms with Crippen LogP contribution in [0.25, 0.3) is 0 Å². The number of para-hydroxylation sites is 2. The number of ether oxygens (including phenoxy) is 4. The predicted molar refractivity (Wildman–Crippen MR) is 102 cm³/mol. The van der Waals surface area contributed by atoms with Crippen molar-refractivity contribution in [2.75, 3.05) is 19.8 Å². The molecule has 0 saturated heterocycles. The van der Waals surface area contributed by atoms with Gasteiger partial charge in [-0.1, -0.05) is 18.2 Å². The van der Waals surface area contributed by atoms with Crippen molar-refractivity contribution in [3.63, 3.8) is 0 Å². The lowest BCUT2D eigenvalue weighted by Crippen LogP contribution is -2.44. The Hall–Kier alpha value is -2.89. The zero-order valence-corrected chi connectivity index (χ0v) is 15.9. The maximum atomic E-state index is 12.6. The molecule has 2 aromatic rings. The SMILES string of the molecule is CCOc1ccc([C@H](C)NC(=O)[C@@H]2COc3ccccc3O2)cc1OCC. The van der Waals surface area contributed by atoms with Crippen molar-refractivity contribution in [3.05, 3.63) is 48.0 Å². The second kappa shape index (κ2) is 8.66. The van der Waals surface area contributed by atoms with E-state index in [2.05, 4.69) is 5.32 Å². The third-order valence-corrected chi connectivity index (χ3v) is 4.23. The van der Waals surface area contributed by atoms with Crippen molar-refractivity contribution in [2.45, 2.75) is 32.9 Å². The number of hydrogen-bond acceptors (Lipinski definition) is 5. The standard InChI is InChI=1S/C21H25NO5/c1-4-24-17-11-10-15(12-19(17)25-5-2)14(3)22-21(23)20-13-26-16-8-6-7-9-18(16)27-20/h6-12,14,20H,4-5,13H2,1-3H3,(H,22,23)/t14-,20-/m0/s1. The fourth-order valence-corrected chi connectivity index (χ4v) is 2.88. The average molecular weight is 371 g/mol. The van der Waals surface area contributed by atoms with Gasteiger partial charge in [-0.15, -0.1) is 0 Å². The highest BCUT2D eigenvalue weighted by atomic mass is 16.6. The highest BCUT2D eigenvalue weighted by molar-refractivity contribution is 5.82. The Morgan fingerprint density at radius 1 is 1.11 bits per heavy atom. The summed E-state index contributed by atoms with van der Waals surface area (Å²) in [5, 5.41) is 2.98. The fraction of sp³-hybridized carbons (Fsp3) is 0.381. The van der Waals surface area contributed by atoms with Crippen LogP contribution in [0.1, 0.15) is 32.4 Å². The molecule has 0 fully saturated rings. The first-order valence-electron chi connectivity index (χ1n) is 9.20. The van der Waals surface area contributed by atoms with E-state index < -0.39 is 6.10 Å². The Labute approximate surface area is 159 Å². The molecule has 144 valence electrons. The van der Waals surface area contributed by atoms with Crippen LogP contribution in [0.4, 0.5) is 0 Å². The van der Waals surface area contributed by atoms with Crippen molar-refractivity contribution in [1.82, 2.24) is 5.32 Å². The van der Waals surface area contributed by atoms with Gasteiger partial charge in [0, 0.05) is 0 Å². The molecule has 0 bridgehead atoms. The van der Waals surface area contributed by atoms with Crippen LogP contribution >= 0.6 is 0 Å². The molecular formula is C21H25NO5. The van der Waals surface area contributed by atoms with Crippen LogP contribution < -0.4 is 24.3 Å². The zero-order valence-electron chi connectivity index (χ0n) is 15.9. The fourth-order valence-electron chi connectivity index (χ4n) is 2.88. The lowest BCUT2D eigenvalue weighted by atomic mass is 10.1. The van der Waals surface area contributed by atoms with Gasteiger partial charge in [-0.3, -0.25) is 4.79 Å². The molecule has 3 rings (SSSR count). The molecule has 6 nitrogen and oxygen atoms in total. The average Bonchev–Trinajstić information content (AvgIpc) is 2.69. The zero-order chi connectivity index (χ0) is 19.2.